The summed E-state index contributed by atoms with van der Waals surface area (Å²) in [4.78, 5) is 16.3. The lowest BCUT2D eigenvalue weighted by Crippen LogP contribution is -2.46. The molecule has 0 bridgehead atoms. The summed E-state index contributed by atoms with van der Waals surface area (Å²) < 4.78 is 27.1. The molecule has 1 aromatic carbocycles. The number of amides is 1. The summed E-state index contributed by atoms with van der Waals surface area (Å²) in [7, 11) is 0. The predicted molar refractivity (Wildman–Crippen MR) is 118 cm³/mol. The monoisotopic (exact) mass is 433 g/mol. The molecule has 2 N–H and O–H groups in total. The molecule has 2 aromatic rings. The van der Waals surface area contributed by atoms with Gasteiger partial charge in [0.25, 0.3) is 0 Å². The van der Waals surface area contributed by atoms with E-state index in [1.54, 1.807) is 0 Å². The number of hydrogen-bond donors (Lipinski definition) is 3. The van der Waals surface area contributed by atoms with Gasteiger partial charge in [0.2, 0.25) is 5.91 Å². The topological polar surface area (TPSA) is 54.0 Å². The standard InChI is InChI=1S/C23H29F2N3OS/c1-3-15-9-19-20(26-12-15)5-4-6-21(19)27-13-23(30)22(28-14(2)29)10-16-7-17(24)11-18(25)8-16/h7-9,11-12,21-23,27,30H,3-6,10,13H2,1-2H3,(H,28,29). The second kappa shape index (κ2) is 10.4. The van der Waals surface area contributed by atoms with Gasteiger partial charge in [0.15, 0.2) is 0 Å². The van der Waals surface area contributed by atoms with Crippen LogP contribution in [0.2, 0.25) is 0 Å². The Bertz CT molecular complexity index is 872. The molecule has 0 saturated carbocycles. The zero-order valence-electron chi connectivity index (χ0n) is 17.4. The molecule has 3 atom stereocenters. The van der Waals surface area contributed by atoms with Crippen LogP contribution in [-0.4, -0.2) is 28.7 Å². The van der Waals surface area contributed by atoms with Gasteiger partial charge in [0, 0.05) is 48.8 Å². The molecule has 0 spiro atoms. The van der Waals surface area contributed by atoms with Crippen LogP contribution >= 0.6 is 12.6 Å². The van der Waals surface area contributed by atoms with Crippen molar-refractivity contribution in [3.63, 3.8) is 0 Å². The molecule has 30 heavy (non-hydrogen) atoms. The smallest absolute Gasteiger partial charge is 0.217 e. The minimum absolute atomic E-state index is 0.187. The first kappa shape index (κ1) is 22.7. The number of hydrogen-bond acceptors (Lipinski definition) is 4. The molecule has 3 unspecified atom stereocenters. The second-order valence-corrected chi connectivity index (χ2v) is 8.61. The third-order valence-corrected chi connectivity index (χ3v) is 6.10. The van der Waals surface area contributed by atoms with Gasteiger partial charge in [-0.25, -0.2) is 8.78 Å². The number of rotatable bonds is 8. The lowest BCUT2D eigenvalue weighted by molar-refractivity contribution is -0.119. The van der Waals surface area contributed by atoms with Crippen molar-refractivity contribution < 1.29 is 13.6 Å². The Labute approximate surface area is 182 Å². The lowest BCUT2D eigenvalue weighted by atomic mass is 9.90. The van der Waals surface area contributed by atoms with Crippen LogP contribution in [0.4, 0.5) is 8.78 Å². The minimum Gasteiger partial charge on any atom is -0.352 e. The molecular weight excluding hydrogens is 404 g/mol. The Morgan fingerprint density at radius 3 is 2.63 bits per heavy atom. The fourth-order valence-corrected chi connectivity index (χ4v) is 4.32. The Morgan fingerprint density at radius 2 is 1.97 bits per heavy atom. The number of carbonyl (C=O) groups is 1. The average molecular weight is 434 g/mol. The van der Waals surface area contributed by atoms with Crippen molar-refractivity contribution in [1.82, 2.24) is 15.6 Å². The zero-order valence-corrected chi connectivity index (χ0v) is 18.3. The van der Waals surface area contributed by atoms with Gasteiger partial charge >= 0.3 is 0 Å². The van der Waals surface area contributed by atoms with E-state index >= 15 is 0 Å². The molecule has 0 radical (unpaired) electrons. The first-order valence-electron chi connectivity index (χ1n) is 10.5. The number of carbonyl (C=O) groups excluding carboxylic acids is 1. The molecule has 1 heterocycles. The van der Waals surface area contributed by atoms with Crippen LogP contribution in [0.3, 0.4) is 0 Å². The Morgan fingerprint density at radius 1 is 1.23 bits per heavy atom. The molecule has 1 aliphatic rings. The first-order chi connectivity index (χ1) is 14.4. The molecule has 4 nitrogen and oxygen atoms in total. The highest BCUT2D eigenvalue weighted by atomic mass is 32.1. The number of fused-ring (bicyclic) bond motifs is 1. The molecule has 162 valence electrons. The van der Waals surface area contributed by atoms with Gasteiger partial charge in [-0.1, -0.05) is 13.0 Å². The van der Waals surface area contributed by atoms with Gasteiger partial charge in [-0.2, -0.15) is 12.6 Å². The van der Waals surface area contributed by atoms with Crippen LogP contribution in [0.25, 0.3) is 0 Å². The molecule has 1 aliphatic carbocycles. The maximum Gasteiger partial charge on any atom is 0.217 e. The summed E-state index contributed by atoms with van der Waals surface area (Å²) in [5, 5.41) is 6.23. The number of aromatic nitrogens is 1. The highest BCUT2D eigenvalue weighted by Crippen LogP contribution is 2.29. The van der Waals surface area contributed by atoms with Gasteiger partial charge in [-0.05, 0) is 60.9 Å². The molecule has 3 rings (SSSR count). The molecule has 0 saturated heterocycles. The summed E-state index contributed by atoms with van der Waals surface area (Å²) in [5.74, 6) is -1.45. The van der Waals surface area contributed by atoms with E-state index in [1.807, 2.05) is 6.20 Å². The van der Waals surface area contributed by atoms with Crippen molar-refractivity contribution in [2.45, 2.75) is 63.3 Å². The number of benzene rings is 1. The summed E-state index contributed by atoms with van der Waals surface area (Å²) in [5.41, 5.74) is 4.09. The summed E-state index contributed by atoms with van der Waals surface area (Å²) >= 11 is 4.71. The van der Waals surface area contributed by atoms with E-state index in [0.717, 1.165) is 37.4 Å². The van der Waals surface area contributed by atoms with Crippen LogP contribution in [0.5, 0.6) is 0 Å². The Balaban J connectivity index is 1.69. The average Bonchev–Trinajstić information content (AvgIpc) is 2.70. The SMILES string of the molecule is CCc1cnc2c(c1)C(NCC(S)C(Cc1cc(F)cc(F)c1)NC(C)=O)CCC2. The van der Waals surface area contributed by atoms with E-state index in [1.165, 1.54) is 30.2 Å². The van der Waals surface area contributed by atoms with Crippen molar-refractivity contribution in [2.24, 2.45) is 0 Å². The van der Waals surface area contributed by atoms with Crippen LogP contribution in [0.1, 0.15) is 55.1 Å². The predicted octanol–water partition coefficient (Wildman–Crippen LogP) is 3.94. The van der Waals surface area contributed by atoms with E-state index in [0.29, 0.717) is 18.5 Å². The summed E-state index contributed by atoms with van der Waals surface area (Å²) in [6, 6.07) is 5.49. The van der Waals surface area contributed by atoms with Crippen LogP contribution in [0, 0.1) is 11.6 Å². The van der Waals surface area contributed by atoms with Gasteiger partial charge in [0.05, 0.1) is 0 Å². The van der Waals surface area contributed by atoms with Crippen molar-refractivity contribution in [1.29, 1.82) is 0 Å². The molecular formula is C23H29F2N3OS. The lowest BCUT2D eigenvalue weighted by Gasteiger charge is -2.30. The summed E-state index contributed by atoms with van der Waals surface area (Å²) in [6.45, 7) is 4.10. The fraction of sp³-hybridized carbons (Fsp3) is 0.478. The quantitative estimate of drug-likeness (QED) is 0.553. The third kappa shape index (κ3) is 6.01. The van der Waals surface area contributed by atoms with E-state index < -0.39 is 11.6 Å². The maximum atomic E-state index is 13.6. The summed E-state index contributed by atoms with van der Waals surface area (Å²) in [6.07, 6.45) is 6.26. The van der Waals surface area contributed by atoms with Crippen LogP contribution in [0.15, 0.2) is 30.5 Å². The fourth-order valence-electron chi connectivity index (χ4n) is 4.03. The number of pyridine rings is 1. The molecule has 0 aliphatic heterocycles. The first-order valence-corrected chi connectivity index (χ1v) is 11.0. The van der Waals surface area contributed by atoms with Gasteiger partial charge in [-0.3, -0.25) is 9.78 Å². The van der Waals surface area contributed by atoms with E-state index in [9.17, 15) is 13.6 Å². The maximum absolute atomic E-state index is 13.6. The van der Waals surface area contributed by atoms with Crippen molar-refractivity contribution in [3.8, 4) is 0 Å². The number of nitrogens with one attached hydrogen (secondary N) is 2. The number of aryl methyl sites for hydroxylation is 2. The molecule has 0 fully saturated rings. The molecule has 1 aromatic heterocycles. The van der Waals surface area contributed by atoms with Crippen LogP contribution < -0.4 is 10.6 Å². The third-order valence-electron chi connectivity index (χ3n) is 5.55. The number of nitrogens with zero attached hydrogens (tertiary/aromatic N) is 1. The number of thiol groups is 1. The van der Waals surface area contributed by atoms with Gasteiger partial charge < -0.3 is 10.6 Å². The normalized spacial score (nSPS) is 17.8. The van der Waals surface area contributed by atoms with Gasteiger partial charge in [-0.15, -0.1) is 0 Å². The highest BCUT2D eigenvalue weighted by Gasteiger charge is 2.25. The van der Waals surface area contributed by atoms with Gasteiger partial charge in [0.1, 0.15) is 11.6 Å². The highest BCUT2D eigenvalue weighted by molar-refractivity contribution is 7.81. The van der Waals surface area contributed by atoms with E-state index in [4.69, 9.17) is 12.6 Å². The van der Waals surface area contributed by atoms with E-state index in [2.05, 4.69) is 28.6 Å². The Hall–Kier alpha value is -1.99. The largest absolute Gasteiger partial charge is 0.352 e. The van der Waals surface area contributed by atoms with Crippen molar-refractivity contribution in [3.05, 3.63) is 64.5 Å². The minimum atomic E-state index is -0.626. The van der Waals surface area contributed by atoms with E-state index in [-0.39, 0.29) is 23.2 Å². The zero-order chi connectivity index (χ0) is 21.7. The van der Waals surface area contributed by atoms with Crippen molar-refractivity contribution in [2.75, 3.05) is 6.54 Å². The molecule has 7 heteroatoms. The molecule has 1 amide bonds. The van der Waals surface area contributed by atoms with Crippen molar-refractivity contribution >= 4 is 18.5 Å². The Kier molecular flexibility index (Phi) is 7.83. The number of halogens is 2. The van der Waals surface area contributed by atoms with Crippen LogP contribution in [-0.2, 0) is 24.1 Å². The second-order valence-electron chi connectivity index (χ2n) is 7.94.